The van der Waals surface area contributed by atoms with E-state index in [-0.39, 0.29) is 21.1 Å². The molecular weight excluding hydrogens is 450 g/mol. The van der Waals surface area contributed by atoms with E-state index in [0.29, 0.717) is 27.5 Å². The Morgan fingerprint density at radius 2 is 1.57 bits per heavy atom. The molecule has 2 aromatic carbocycles. The van der Waals surface area contributed by atoms with Crippen molar-refractivity contribution in [2.75, 3.05) is 24.1 Å². The maximum Gasteiger partial charge on any atom is 0.291 e. The molecule has 1 heterocycles. The zero-order valence-electron chi connectivity index (χ0n) is 15.8. The number of nitrogens with one attached hydrogen (secondary N) is 2. The highest BCUT2D eigenvalue weighted by molar-refractivity contribution is 7.94. The predicted octanol–water partition coefficient (Wildman–Crippen LogP) is 2.95. The van der Waals surface area contributed by atoms with Gasteiger partial charge in [-0.3, -0.25) is 19.6 Å². The number of aromatic nitrogens is 2. The van der Waals surface area contributed by atoms with E-state index in [1.807, 2.05) is 0 Å². The van der Waals surface area contributed by atoms with Gasteiger partial charge in [0.1, 0.15) is 0 Å². The largest absolute Gasteiger partial charge is 0.345 e. The highest BCUT2D eigenvalue weighted by Crippen LogP contribution is 2.23. The van der Waals surface area contributed by atoms with Crippen LogP contribution in [0.25, 0.3) is 0 Å². The van der Waals surface area contributed by atoms with Gasteiger partial charge in [-0.2, -0.15) is 8.42 Å². The third-order valence-electron chi connectivity index (χ3n) is 3.75. The van der Waals surface area contributed by atoms with Crippen molar-refractivity contribution in [3.63, 3.8) is 0 Å². The third-order valence-corrected chi connectivity index (χ3v) is 6.59. The second-order valence-corrected chi connectivity index (χ2v) is 9.49. The number of carbonyl (C=O) groups excluding carboxylic acids is 2. The highest BCUT2D eigenvalue weighted by atomic mass is 35.5. The minimum Gasteiger partial charge on any atom is -0.345 e. The lowest BCUT2D eigenvalue weighted by atomic mass is 10.2. The lowest BCUT2D eigenvalue weighted by Gasteiger charge is -2.11. The third kappa shape index (κ3) is 5.12. The van der Waals surface area contributed by atoms with E-state index in [9.17, 15) is 18.0 Å². The molecule has 0 aliphatic heterocycles. The number of anilines is 2. The smallest absolute Gasteiger partial charge is 0.291 e. The maximum atomic E-state index is 12.5. The average molecular weight is 466 g/mol. The number of nitrogens with zero attached hydrogens (tertiary/aromatic N) is 3. The molecule has 0 aliphatic carbocycles. The molecule has 9 nitrogen and oxygen atoms in total. The van der Waals surface area contributed by atoms with Crippen LogP contribution in [-0.2, 0) is 10.0 Å². The molecule has 3 aromatic rings. The molecule has 0 spiro atoms. The van der Waals surface area contributed by atoms with Gasteiger partial charge in [-0.1, -0.05) is 22.9 Å². The van der Waals surface area contributed by atoms with Gasteiger partial charge in [-0.05, 0) is 48.5 Å². The van der Waals surface area contributed by atoms with Crippen molar-refractivity contribution in [2.45, 2.75) is 4.34 Å². The summed E-state index contributed by atoms with van der Waals surface area (Å²) in [6.07, 6.45) is 0. The van der Waals surface area contributed by atoms with Gasteiger partial charge in [-0.15, -0.1) is 10.2 Å². The Balaban J connectivity index is 1.70. The molecule has 3 rings (SSSR count). The first-order chi connectivity index (χ1) is 14.2. The zero-order chi connectivity index (χ0) is 21.9. The Bertz CT molecular complexity index is 1180. The number of hydrogen-bond acceptors (Lipinski definition) is 7. The van der Waals surface area contributed by atoms with Gasteiger partial charge < -0.3 is 4.90 Å². The molecule has 2 N–H and O–H groups in total. The molecule has 1 aromatic heterocycles. The minimum atomic E-state index is -4.02. The van der Waals surface area contributed by atoms with Crippen molar-refractivity contribution in [1.29, 1.82) is 0 Å². The monoisotopic (exact) mass is 465 g/mol. The van der Waals surface area contributed by atoms with E-state index in [4.69, 9.17) is 11.6 Å². The number of amides is 2. The molecule has 30 heavy (non-hydrogen) atoms. The molecular formula is C18H16ClN5O4S2. The lowest BCUT2D eigenvalue weighted by molar-refractivity contribution is 0.0827. The van der Waals surface area contributed by atoms with E-state index < -0.39 is 15.9 Å². The molecule has 0 unspecified atom stereocenters. The summed E-state index contributed by atoms with van der Waals surface area (Å²) in [7, 11) is -0.772. The molecule has 12 heteroatoms. The summed E-state index contributed by atoms with van der Waals surface area (Å²) in [5.41, 5.74) is 1.02. The molecule has 0 atom stereocenters. The maximum absolute atomic E-state index is 12.5. The topological polar surface area (TPSA) is 121 Å². The molecule has 2 amide bonds. The van der Waals surface area contributed by atoms with Crippen LogP contribution in [0.2, 0.25) is 5.02 Å². The van der Waals surface area contributed by atoms with Crippen LogP contribution in [0.5, 0.6) is 0 Å². The minimum absolute atomic E-state index is 0.0299. The summed E-state index contributed by atoms with van der Waals surface area (Å²) in [5, 5.41) is 10.4. The molecule has 0 fully saturated rings. The fourth-order valence-corrected chi connectivity index (χ4v) is 4.36. The van der Waals surface area contributed by atoms with E-state index in [1.165, 1.54) is 41.3 Å². The summed E-state index contributed by atoms with van der Waals surface area (Å²) in [4.78, 5) is 25.5. The van der Waals surface area contributed by atoms with Crippen molar-refractivity contribution in [3.8, 4) is 0 Å². The van der Waals surface area contributed by atoms with Crippen LogP contribution in [0.1, 0.15) is 20.7 Å². The molecule has 0 saturated carbocycles. The SMILES string of the molecule is CN(C)C(=O)c1ccc(NS(=O)(=O)c2nnc(NC(=O)c3ccc(Cl)cc3)s2)cc1. The Hall–Kier alpha value is -3.02. The second kappa shape index (κ2) is 8.78. The van der Waals surface area contributed by atoms with Crippen LogP contribution >= 0.6 is 22.9 Å². The number of benzene rings is 2. The predicted molar refractivity (Wildman–Crippen MR) is 115 cm³/mol. The summed E-state index contributed by atoms with van der Waals surface area (Å²) < 4.78 is 27.1. The second-order valence-electron chi connectivity index (χ2n) is 6.22. The Morgan fingerprint density at radius 3 is 2.17 bits per heavy atom. The van der Waals surface area contributed by atoms with E-state index in [0.717, 1.165) is 0 Å². The van der Waals surface area contributed by atoms with Gasteiger partial charge in [0.2, 0.25) is 5.13 Å². The van der Waals surface area contributed by atoms with Crippen LogP contribution in [0.15, 0.2) is 52.9 Å². The molecule has 0 aliphatic rings. The fourth-order valence-electron chi connectivity index (χ4n) is 2.28. The van der Waals surface area contributed by atoms with Crippen LogP contribution in [0.3, 0.4) is 0 Å². The van der Waals surface area contributed by atoms with Gasteiger partial charge in [-0.25, -0.2) is 0 Å². The first-order valence-corrected chi connectivity index (χ1v) is 11.1. The van der Waals surface area contributed by atoms with Crippen LogP contribution in [0, 0.1) is 0 Å². The van der Waals surface area contributed by atoms with E-state index in [2.05, 4.69) is 20.2 Å². The van der Waals surface area contributed by atoms with Crippen molar-refractivity contribution in [3.05, 3.63) is 64.7 Å². The van der Waals surface area contributed by atoms with Gasteiger partial charge in [0.25, 0.3) is 26.2 Å². The first kappa shape index (κ1) is 21.7. The Morgan fingerprint density at radius 1 is 0.967 bits per heavy atom. The van der Waals surface area contributed by atoms with Crippen LogP contribution < -0.4 is 10.0 Å². The van der Waals surface area contributed by atoms with E-state index in [1.54, 1.807) is 26.2 Å². The van der Waals surface area contributed by atoms with Crippen molar-refractivity contribution in [1.82, 2.24) is 15.1 Å². The standard InChI is InChI=1S/C18H16ClN5O4S2/c1-24(2)16(26)12-5-9-14(10-6-12)23-30(27,28)18-22-21-17(29-18)20-15(25)11-3-7-13(19)8-4-11/h3-10,23H,1-2H3,(H,20,21,25). The molecule has 0 saturated heterocycles. The summed E-state index contributed by atoms with van der Waals surface area (Å²) in [6.45, 7) is 0. The quantitative estimate of drug-likeness (QED) is 0.540. The number of halogens is 1. The van der Waals surface area contributed by atoms with Crippen LogP contribution in [0.4, 0.5) is 10.8 Å². The van der Waals surface area contributed by atoms with Gasteiger partial charge in [0.15, 0.2) is 0 Å². The normalized spacial score (nSPS) is 11.0. The van der Waals surface area contributed by atoms with Gasteiger partial charge in [0, 0.05) is 35.9 Å². The number of rotatable bonds is 6. The molecule has 0 bridgehead atoms. The summed E-state index contributed by atoms with van der Waals surface area (Å²) >= 11 is 6.50. The number of sulfonamides is 1. The number of carbonyl (C=O) groups is 2. The first-order valence-electron chi connectivity index (χ1n) is 8.41. The van der Waals surface area contributed by atoms with Crippen LogP contribution in [-0.4, -0.2) is 49.4 Å². The van der Waals surface area contributed by atoms with Crippen molar-refractivity contribution < 1.29 is 18.0 Å². The zero-order valence-corrected chi connectivity index (χ0v) is 18.2. The number of hydrogen-bond donors (Lipinski definition) is 2. The van der Waals surface area contributed by atoms with Gasteiger partial charge >= 0.3 is 0 Å². The van der Waals surface area contributed by atoms with Gasteiger partial charge in [0.05, 0.1) is 0 Å². The Labute approximate surface area is 181 Å². The average Bonchev–Trinajstić information content (AvgIpc) is 3.17. The summed E-state index contributed by atoms with van der Waals surface area (Å²) in [6, 6.07) is 12.2. The Kier molecular flexibility index (Phi) is 6.34. The molecule has 0 radical (unpaired) electrons. The highest BCUT2D eigenvalue weighted by Gasteiger charge is 2.21. The lowest BCUT2D eigenvalue weighted by Crippen LogP contribution is -2.21. The fraction of sp³-hybridized carbons (Fsp3) is 0.111. The van der Waals surface area contributed by atoms with Crippen molar-refractivity contribution >= 4 is 55.6 Å². The van der Waals surface area contributed by atoms with E-state index >= 15 is 0 Å². The molecule has 156 valence electrons. The summed E-state index contributed by atoms with van der Waals surface area (Å²) in [5.74, 6) is -0.671. The van der Waals surface area contributed by atoms with Crippen molar-refractivity contribution in [2.24, 2.45) is 0 Å².